The van der Waals surface area contributed by atoms with E-state index in [-0.39, 0.29) is 0 Å². The molecular formula is C17H18Br2O3. The summed E-state index contributed by atoms with van der Waals surface area (Å²) in [4.78, 5) is 0. The number of halogens is 2. The summed E-state index contributed by atoms with van der Waals surface area (Å²) in [6, 6.07) is 7.50. The van der Waals surface area contributed by atoms with Crippen molar-refractivity contribution < 1.29 is 14.6 Å². The van der Waals surface area contributed by atoms with Crippen molar-refractivity contribution in [3.05, 3.63) is 55.5 Å². The van der Waals surface area contributed by atoms with E-state index in [1.54, 1.807) is 14.2 Å². The molecule has 0 heterocycles. The molecule has 0 atom stereocenters. The van der Waals surface area contributed by atoms with Gasteiger partial charge in [-0.05, 0) is 60.4 Å². The van der Waals surface area contributed by atoms with Gasteiger partial charge in [0.1, 0.15) is 17.6 Å². The van der Waals surface area contributed by atoms with E-state index in [0.717, 1.165) is 31.2 Å². The number of rotatable bonds is 4. The third-order valence-corrected chi connectivity index (χ3v) is 5.42. The molecule has 1 N–H and O–H groups in total. The van der Waals surface area contributed by atoms with E-state index in [1.165, 1.54) is 0 Å². The Morgan fingerprint density at radius 3 is 1.50 bits per heavy atom. The van der Waals surface area contributed by atoms with Gasteiger partial charge in [-0.15, -0.1) is 0 Å². The predicted octanol–water partition coefficient (Wildman–Crippen LogP) is 4.93. The minimum Gasteiger partial charge on any atom is -0.497 e. The Morgan fingerprint density at radius 2 is 1.18 bits per heavy atom. The van der Waals surface area contributed by atoms with Crippen LogP contribution in [-0.2, 0) is 0 Å². The number of benzene rings is 2. The molecule has 0 aromatic heterocycles. The number of hydrogen-bond acceptors (Lipinski definition) is 3. The molecule has 0 amide bonds. The molecular weight excluding hydrogens is 412 g/mol. The summed E-state index contributed by atoms with van der Waals surface area (Å²) in [5.41, 5.74) is 3.56. The van der Waals surface area contributed by atoms with Crippen LogP contribution >= 0.6 is 31.9 Å². The highest BCUT2D eigenvalue weighted by molar-refractivity contribution is 9.10. The molecule has 2 aromatic carbocycles. The highest BCUT2D eigenvalue weighted by Crippen LogP contribution is 2.37. The van der Waals surface area contributed by atoms with Crippen LogP contribution in [0.3, 0.4) is 0 Å². The molecule has 0 bridgehead atoms. The van der Waals surface area contributed by atoms with E-state index in [4.69, 9.17) is 9.47 Å². The van der Waals surface area contributed by atoms with Crippen LogP contribution in [0, 0.1) is 13.8 Å². The smallest absolute Gasteiger partial charge is 0.120 e. The lowest BCUT2D eigenvalue weighted by atomic mass is 9.94. The van der Waals surface area contributed by atoms with E-state index < -0.39 is 6.10 Å². The van der Waals surface area contributed by atoms with Gasteiger partial charge in [0.2, 0.25) is 0 Å². The molecule has 2 aromatic rings. The fourth-order valence-electron chi connectivity index (χ4n) is 2.32. The standard InChI is InChI=1S/C17H18Br2O3/c1-9-13(5-11(21-3)7-15(9)18)17(20)14-6-12(22-4)8-16(19)10(14)2/h5-8,17,20H,1-4H3. The van der Waals surface area contributed by atoms with Crippen molar-refractivity contribution in [2.45, 2.75) is 20.0 Å². The van der Waals surface area contributed by atoms with Gasteiger partial charge >= 0.3 is 0 Å². The number of hydrogen-bond donors (Lipinski definition) is 1. The zero-order valence-electron chi connectivity index (χ0n) is 12.9. The quantitative estimate of drug-likeness (QED) is 0.748. The molecule has 5 heteroatoms. The molecule has 0 fully saturated rings. The second kappa shape index (κ2) is 7.02. The third kappa shape index (κ3) is 3.31. The first-order valence-electron chi connectivity index (χ1n) is 6.75. The van der Waals surface area contributed by atoms with Crippen molar-refractivity contribution in [1.29, 1.82) is 0 Å². The second-order valence-corrected chi connectivity index (χ2v) is 6.76. The highest BCUT2D eigenvalue weighted by atomic mass is 79.9. The number of methoxy groups -OCH3 is 2. The van der Waals surface area contributed by atoms with E-state index in [1.807, 2.05) is 38.1 Å². The van der Waals surface area contributed by atoms with E-state index in [9.17, 15) is 5.11 Å². The lowest BCUT2D eigenvalue weighted by Gasteiger charge is -2.20. The molecule has 22 heavy (non-hydrogen) atoms. The topological polar surface area (TPSA) is 38.7 Å². The molecule has 0 aliphatic rings. The van der Waals surface area contributed by atoms with Gasteiger partial charge in [-0.1, -0.05) is 31.9 Å². The van der Waals surface area contributed by atoms with Crippen molar-refractivity contribution in [2.24, 2.45) is 0 Å². The average molecular weight is 430 g/mol. The van der Waals surface area contributed by atoms with Crippen molar-refractivity contribution in [1.82, 2.24) is 0 Å². The molecule has 0 radical (unpaired) electrons. The monoisotopic (exact) mass is 428 g/mol. The molecule has 0 saturated heterocycles. The summed E-state index contributed by atoms with van der Waals surface area (Å²) >= 11 is 7.03. The summed E-state index contributed by atoms with van der Waals surface area (Å²) < 4.78 is 12.4. The van der Waals surface area contributed by atoms with Gasteiger partial charge in [0.05, 0.1) is 14.2 Å². The lowest BCUT2D eigenvalue weighted by Crippen LogP contribution is -2.06. The lowest BCUT2D eigenvalue weighted by molar-refractivity contribution is 0.217. The molecule has 0 saturated carbocycles. The van der Waals surface area contributed by atoms with Crippen LogP contribution in [0.2, 0.25) is 0 Å². The van der Waals surface area contributed by atoms with Gasteiger partial charge in [-0.2, -0.15) is 0 Å². The molecule has 3 nitrogen and oxygen atoms in total. The zero-order chi connectivity index (χ0) is 16.4. The van der Waals surface area contributed by atoms with Crippen LogP contribution in [0.15, 0.2) is 33.2 Å². The summed E-state index contributed by atoms with van der Waals surface area (Å²) in [7, 11) is 3.22. The predicted molar refractivity (Wildman–Crippen MR) is 94.9 cm³/mol. The van der Waals surface area contributed by atoms with Crippen LogP contribution in [0.4, 0.5) is 0 Å². The zero-order valence-corrected chi connectivity index (χ0v) is 16.1. The first-order valence-corrected chi connectivity index (χ1v) is 8.33. The van der Waals surface area contributed by atoms with Crippen molar-refractivity contribution in [3.8, 4) is 11.5 Å². The van der Waals surface area contributed by atoms with E-state index in [0.29, 0.717) is 11.5 Å². The van der Waals surface area contributed by atoms with Crippen LogP contribution < -0.4 is 9.47 Å². The number of ether oxygens (including phenoxy) is 2. The fourth-order valence-corrected chi connectivity index (χ4v) is 3.23. The minimum absolute atomic E-state index is 0.700. The third-order valence-electron chi connectivity index (χ3n) is 3.78. The first-order chi connectivity index (χ1) is 10.4. The Balaban J connectivity index is 2.59. The SMILES string of the molecule is COc1cc(Br)c(C)c(C(O)c2cc(OC)cc(Br)c2C)c1. The van der Waals surface area contributed by atoms with Gasteiger partial charge in [-0.3, -0.25) is 0 Å². The summed E-state index contributed by atoms with van der Waals surface area (Å²) in [6.45, 7) is 3.93. The Bertz CT molecular complexity index is 639. The maximum Gasteiger partial charge on any atom is 0.120 e. The Labute approximate surface area is 147 Å². The molecule has 2 rings (SSSR count). The molecule has 118 valence electrons. The molecule has 0 aliphatic heterocycles. The van der Waals surface area contributed by atoms with Crippen molar-refractivity contribution in [3.63, 3.8) is 0 Å². The molecule has 0 unspecified atom stereocenters. The van der Waals surface area contributed by atoms with Crippen molar-refractivity contribution in [2.75, 3.05) is 14.2 Å². The average Bonchev–Trinajstić information content (AvgIpc) is 2.51. The largest absolute Gasteiger partial charge is 0.497 e. The number of aliphatic hydroxyl groups excluding tert-OH is 1. The van der Waals surface area contributed by atoms with Gasteiger partial charge in [0, 0.05) is 8.95 Å². The normalized spacial score (nSPS) is 10.9. The van der Waals surface area contributed by atoms with Crippen LogP contribution in [0.1, 0.15) is 28.4 Å². The summed E-state index contributed by atoms with van der Waals surface area (Å²) in [6.07, 6.45) is -0.766. The van der Waals surface area contributed by atoms with Crippen LogP contribution in [-0.4, -0.2) is 19.3 Å². The van der Waals surface area contributed by atoms with Gasteiger partial charge in [0.25, 0.3) is 0 Å². The summed E-state index contributed by atoms with van der Waals surface area (Å²) in [5.74, 6) is 1.40. The molecule has 0 aliphatic carbocycles. The van der Waals surface area contributed by atoms with E-state index >= 15 is 0 Å². The Morgan fingerprint density at radius 1 is 0.818 bits per heavy atom. The van der Waals surface area contributed by atoms with Gasteiger partial charge in [-0.25, -0.2) is 0 Å². The molecule has 0 spiro atoms. The minimum atomic E-state index is -0.766. The highest BCUT2D eigenvalue weighted by Gasteiger charge is 2.20. The maximum atomic E-state index is 10.9. The van der Waals surface area contributed by atoms with Crippen LogP contribution in [0.25, 0.3) is 0 Å². The maximum absolute atomic E-state index is 10.9. The van der Waals surface area contributed by atoms with Gasteiger partial charge in [0.15, 0.2) is 0 Å². The first kappa shape index (κ1) is 17.3. The van der Waals surface area contributed by atoms with Gasteiger partial charge < -0.3 is 14.6 Å². The second-order valence-electron chi connectivity index (χ2n) is 5.05. The summed E-state index contributed by atoms with van der Waals surface area (Å²) in [5, 5.41) is 10.9. The van der Waals surface area contributed by atoms with E-state index in [2.05, 4.69) is 31.9 Å². The Hall–Kier alpha value is -1.04. The van der Waals surface area contributed by atoms with Crippen LogP contribution in [0.5, 0.6) is 11.5 Å². The Kier molecular flexibility index (Phi) is 5.53. The fraction of sp³-hybridized carbons (Fsp3) is 0.294. The van der Waals surface area contributed by atoms with Crippen molar-refractivity contribution >= 4 is 31.9 Å². The number of aliphatic hydroxyl groups is 1.